The standard InChI is InChI=1S/C32H35NO3/c34-31(36-22-30-28-15-6-4-13-26(28)27-14-5-7-16-29(27)30)33-24-17-18-25(33)21-32(35,20-24)19-9-8-12-23-10-2-1-3-11-23/h1-7,10-11,13-16,24-25,30,35H,8-9,12,17-22H2. The molecule has 186 valence electrons. The molecule has 3 aromatic carbocycles. The van der Waals surface area contributed by atoms with E-state index in [9.17, 15) is 9.90 Å². The number of hydrogen-bond acceptors (Lipinski definition) is 3. The molecule has 2 aliphatic heterocycles. The summed E-state index contributed by atoms with van der Waals surface area (Å²) in [6, 6.07) is 27.6. The lowest BCUT2D eigenvalue weighted by Gasteiger charge is -2.43. The maximum absolute atomic E-state index is 13.3. The number of benzene rings is 3. The third-order valence-electron chi connectivity index (χ3n) is 8.60. The zero-order valence-corrected chi connectivity index (χ0v) is 20.8. The molecule has 3 aliphatic rings. The van der Waals surface area contributed by atoms with E-state index in [0.717, 1.165) is 38.5 Å². The van der Waals surface area contributed by atoms with E-state index in [0.29, 0.717) is 19.4 Å². The molecule has 2 atom stereocenters. The number of aryl methyl sites for hydroxylation is 1. The average Bonchev–Trinajstić information content (AvgIpc) is 3.38. The summed E-state index contributed by atoms with van der Waals surface area (Å²) in [6.07, 6.45) is 6.99. The number of rotatable bonds is 7. The molecule has 2 unspecified atom stereocenters. The van der Waals surface area contributed by atoms with Crippen LogP contribution in [0.2, 0.25) is 0 Å². The second-order valence-corrected chi connectivity index (χ2v) is 10.9. The van der Waals surface area contributed by atoms with Gasteiger partial charge in [0.05, 0.1) is 5.60 Å². The molecule has 4 heteroatoms. The smallest absolute Gasteiger partial charge is 0.410 e. The first-order chi connectivity index (χ1) is 17.6. The fourth-order valence-electron chi connectivity index (χ4n) is 6.92. The van der Waals surface area contributed by atoms with Gasteiger partial charge in [-0.3, -0.25) is 0 Å². The van der Waals surface area contributed by atoms with E-state index in [4.69, 9.17) is 4.74 Å². The van der Waals surface area contributed by atoms with E-state index in [-0.39, 0.29) is 24.1 Å². The van der Waals surface area contributed by atoms with Gasteiger partial charge in [0, 0.05) is 18.0 Å². The van der Waals surface area contributed by atoms with Crippen molar-refractivity contribution in [2.45, 2.75) is 75.0 Å². The second-order valence-electron chi connectivity index (χ2n) is 10.9. The van der Waals surface area contributed by atoms with E-state index in [1.807, 2.05) is 11.0 Å². The summed E-state index contributed by atoms with van der Waals surface area (Å²) in [5.74, 6) is 0.0744. The van der Waals surface area contributed by atoms with Crippen molar-refractivity contribution in [1.82, 2.24) is 4.90 Å². The Morgan fingerprint density at radius 3 is 2.06 bits per heavy atom. The molecule has 1 N–H and O–H groups in total. The van der Waals surface area contributed by atoms with Gasteiger partial charge in [-0.15, -0.1) is 0 Å². The fourth-order valence-corrected chi connectivity index (χ4v) is 6.92. The highest BCUT2D eigenvalue weighted by molar-refractivity contribution is 5.79. The van der Waals surface area contributed by atoms with Crippen molar-refractivity contribution in [2.24, 2.45) is 0 Å². The van der Waals surface area contributed by atoms with Crippen LogP contribution in [0.3, 0.4) is 0 Å². The Balaban J connectivity index is 1.05. The monoisotopic (exact) mass is 481 g/mol. The van der Waals surface area contributed by atoms with Gasteiger partial charge in [-0.05, 0) is 72.8 Å². The van der Waals surface area contributed by atoms with Crippen molar-refractivity contribution in [1.29, 1.82) is 0 Å². The zero-order valence-electron chi connectivity index (χ0n) is 20.8. The van der Waals surface area contributed by atoms with Crippen LogP contribution in [0.15, 0.2) is 78.9 Å². The van der Waals surface area contributed by atoms with Gasteiger partial charge in [0.1, 0.15) is 6.61 Å². The van der Waals surface area contributed by atoms with Gasteiger partial charge >= 0.3 is 6.09 Å². The lowest BCUT2D eigenvalue weighted by molar-refractivity contribution is -0.0547. The maximum Gasteiger partial charge on any atom is 0.410 e. The first-order valence-electron chi connectivity index (χ1n) is 13.5. The van der Waals surface area contributed by atoms with Gasteiger partial charge in [0.2, 0.25) is 0 Å². The molecule has 3 aromatic rings. The van der Waals surface area contributed by atoms with Crippen LogP contribution in [-0.4, -0.2) is 40.4 Å². The molecule has 2 fully saturated rings. The van der Waals surface area contributed by atoms with Crippen molar-refractivity contribution in [2.75, 3.05) is 6.61 Å². The van der Waals surface area contributed by atoms with Gasteiger partial charge in [0.15, 0.2) is 0 Å². The number of unbranched alkanes of at least 4 members (excludes halogenated alkanes) is 1. The lowest BCUT2D eigenvalue weighted by atomic mass is 9.82. The topological polar surface area (TPSA) is 49.8 Å². The largest absolute Gasteiger partial charge is 0.448 e. The van der Waals surface area contributed by atoms with Gasteiger partial charge in [-0.1, -0.05) is 85.3 Å². The molecule has 0 aromatic heterocycles. The summed E-state index contributed by atoms with van der Waals surface area (Å²) in [7, 11) is 0. The fraction of sp³-hybridized carbons (Fsp3) is 0.406. The van der Waals surface area contributed by atoms with Gasteiger partial charge in [-0.2, -0.15) is 0 Å². The van der Waals surface area contributed by atoms with Crippen LogP contribution in [-0.2, 0) is 11.2 Å². The van der Waals surface area contributed by atoms with Crippen LogP contribution >= 0.6 is 0 Å². The Kier molecular flexibility index (Phi) is 6.30. The summed E-state index contributed by atoms with van der Waals surface area (Å²) in [5.41, 5.74) is 5.64. The van der Waals surface area contributed by atoms with Crippen molar-refractivity contribution in [3.8, 4) is 11.1 Å². The highest BCUT2D eigenvalue weighted by atomic mass is 16.6. The van der Waals surface area contributed by atoms with Crippen molar-refractivity contribution in [3.63, 3.8) is 0 Å². The number of carbonyl (C=O) groups excluding carboxylic acids is 1. The molecule has 6 rings (SSSR count). The van der Waals surface area contributed by atoms with Gasteiger partial charge < -0.3 is 14.7 Å². The quantitative estimate of drug-likeness (QED) is 0.382. The normalized spacial score (nSPS) is 24.4. The number of piperidine rings is 1. The molecule has 4 nitrogen and oxygen atoms in total. The minimum Gasteiger partial charge on any atom is -0.448 e. The number of fused-ring (bicyclic) bond motifs is 5. The molecule has 36 heavy (non-hydrogen) atoms. The van der Waals surface area contributed by atoms with Crippen LogP contribution in [0.4, 0.5) is 4.79 Å². The molecule has 1 aliphatic carbocycles. The van der Waals surface area contributed by atoms with Crippen molar-refractivity contribution in [3.05, 3.63) is 95.6 Å². The van der Waals surface area contributed by atoms with Crippen LogP contribution in [0.25, 0.3) is 11.1 Å². The third kappa shape index (κ3) is 4.43. The summed E-state index contributed by atoms with van der Waals surface area (Å²) in [5, 5.41) is 11.4. The Labute approximate surface area is 213 Å². The number of ether oxygens (including phenoxy) is 1. The molecular formula is C32H35NO3. The minimum atomic E-state index is -0.664. The third-order valence-corrected chi connectivity index (χ3v) is 8.60. The van der Waals surface area contributed by atoms with E-state index < -0.39 is 5.60 Å². The second kappa shape index (κ2) is 9.74. The van der Waals surface area contributed by atoms with Gasteiger partial charge in [0.25, 0.3) is 0 Å². The average molecular weight is 482 g/mol. The van der Waals surface area contributed by atoms with E-state index in [1.165, 1.54) is 27.8 Å². The number of hydrogen-bond donors (Lipinski definition) is 1. The number of carbonyl (C=O) groups is 1. The summed E-state index contributed by atoms with van der Waals surface area (Å²) in [6.45, 7) is 0.354. The number of amides is 1. The van der Waals surface area contributed by atoms with Gasteiger partial charge in [-0.25, -0.2) is 4.79 Å². The first-order valence-corrected chi connectivity index (χ1v) is 13.5. The minimum absolute atomic E-state index is 0.0744. The predicted octanol–water partition coefficient (Wildman–Crippen LogP) is 6.71. The van der Waals surface area contributed by atoms with E-state index in [2.05, 4.69) is 72.8 Å². The Morgan fingerprint density at radius 1 is 0.833 bits per heavy atom. The first kappa shape index (κ1) is 23.3. The molecule has 2 saturated heterocycles. The highest BCUT2D eigenvalue weighted by Crippen LogP contribution is 2.46. The summed E-state index contributed by atoms with van der Waals surface area (Å²) in [4.78, 5) is 15.2. The van der Waals surface area contributed by atoms with Crippen LogP contribution in [0.5, 0.6) is 0 Å². The highest BCUT2D eigenvalue weighted by Gasteiger charge is 2.49. The van der Waals surface area contributed by atoms with Crippen LogP contribution in [0.1, 0.15) is 67.6 Å². The lowest BCUT2D eigenvalue weighted by Crippen LogP contribution is -2.53. The van der Waals surface area contributed by atoms with E-state index in [1.54, 1.807) is 0 Å². The van der Waals surface area contributed by atoms with Crippen LogP contribution in [0, 0.1) is 0 Å². The molecule has 2 bridgehead atoms. The Hall–Kier alpha value is -3.11. The molecular weight excluding hydrogens is 446 g/mol. The predicted molar refractivity (Wildman–Crippen MR) is 142 cm³/mol. The van der Waals surface area contributed by atoms with Crippen LogP contribution < -0.4 is 0 Å². The molecule has 1 amide bonds. The van der Waals surface area contributed by atoms with E-state index >= 15 is 0 Å². The SMILES string of the molecule is O=C(OCC1c2ccccc2-c2ccccc21)N1C2CCC1CC(O)(CCCCc1ccccc1)C2. The van der Waals surface area contributed by atoms with Crippen molar-refractivity contribution >= 4 is 6.09 Å². The number of nitrogens with zero attached hydrogens (tertiary/aromatic N) is 1. The molecule has 2 heterocycles. The summed E-state index contributed by atoms with van der Waals surface area (Å²) < 4.78 is 5.98. The zero-order chi connectivity index (χ0) is 24.5. The Bertz CT molecular complexity index is 1160. The van der Waals surface area contributed by atoms with Crippen molar-refractivity contribution < 1.29 is 14.6 Å². The summed E-state index contributed by atoms with van der Waals surface area (Å²) >= 11 is 0. The molecule has 0 radical (unpaired) electrons. The molecule has 0 saturated carbocycles. The Morgan fingerprint density at radius 2 is 1.42 bits per heavy atom. The number of aliphatic hydroxyl groups is 1. The molecule has 0 spiro atoms. The maximum atomic E-state index is 13.3.